The zero-order valence-electron chi connectivity index (χ0n) is 6.67. The van der Waals surface area contributed by atoms with E-state index in [4.69, 9.17) is 5.73 Å². The molecule has 0 fully saturated rings. The van der Waals surface area contributed by atoms with Gasteiger partial charge >= 0.3 is 0 Å². The summed E-state index contributed by atoms with van der Waals surface area (Å²) < 4.78 is 0. The summed E-state index contributed by atoms with van der Waals surface area (Å²) in [5.74, 6) is 0. The van der Waals surface area contributed by atoms with Crippen molar-refractivity contribution in [2.75, 3.05) is 0 Å². The molecule has 2 rings (SSSR count). The van der Waals surface area contributed by atoms with E-state index in [1.54, 1.807) is 0 Å². The lowest BCUT2D eigenvalue weighted by atomic mass is 10.2. The van der Waals surface area contributed by atoms with Crippen LogP contribution in [0.4, 0.5) is 0 Å². The Bertz CT molecular complexity index is 281. The highest BCUT2D eigenvalue weighted by Crippen LogP contribution is 2.20. The Balaban J connectivity index is 2.43. The van der Waals surface area contributed by atoms with Gasteiger partial charge in [0.25, 0.3) is 0 Å². The molecule has 1 heterocycles. The van der Waals surface area contributed by atoms with E-state index in [0.29, 0.717) is 6.04 Å². The maximum Gasteiger partial charge on any atom is 0.0375 e. The summed E-state index contributed by atoms with van der Waals surface area (Å²) in [4.78, 5) is 4.23. The van der Waals surface area contributed by atoms with E-state index in [2.05, 4.69) is 11.1 Å². The van der Waals surface area contributed by atoms with E-state index < -0.39 is 0 Å². The number of hydrogen-bond acceptors (Lipinski definition) is 2. The van der Waals surface area contributed by atoms with Crippen LogP contribution in [-0.4, -0.2) is 11.0 Å². The van der Waals surface area contributed by atoms with E-state index >= 15 is 0 Å². The molecule has 1 aromatic heterocycles. The second-order valence-corrected chi connectivity index (χ2v) is 3.26. The van der Waals surface area contributed by atoms with Crippen LogP contribution in [0, 0.1) is 6.92 Å². The molecule has 1 aliphatic rings. The van der Waals surface area contributed by atoms with Crippen molar-refractivity contribution in [3.63, 3.8) is 0 Å². The van der Waals surface area contributed by atoms with Crippen molar-refractivity contribution in [3.05, 3.63) is 29.1 Å². The van der Waals surface area contributed by atoms with Crippen LogP contribution in [0.25, 0.3) is 0 Å². The first-order chi connectivity index (χ1) is 5.25. The largest absolute Gasteiger partial charge is 0.327 e. The Morgan fingerprint density at radius 3 is 3.00 bits per heavy atom. The summed E-state index contributed by atoms with van der Waals surface area (Å²) in [7, 11) is 0. The number of nitrogens with two attached hydrogens (primary N) is 1. The number of pyridine rings is 1. The molecular formula is C9H12N2. The fourth-order valence-electron chi connectivity index (χ4n) is 1.66. The summed E-state index contributed by atoms with van der Waals surface area (Å²) in [5, 5.41) is 0. The number of fused-ring (bicyclic) bond motifs is 1. The van der Waals surface area contributed by atoms with Crippen LogP contribution in [0.2, 0.25) is 0 Å². The highest BCUT2D eigenvalue weighted by atomic mass is 14.7. The average molecular weight is 148 g/mol. The molecule has 0 bridgehead atoms. The van der Waals surface area contributed by atoms with Gasteiger partial charge in [0.2, 0.25) is 0 Å². The van der Waals surface area contributed by atoms with Gasteiger partial charge in [0.1, 0.15) is 0 Å². The van der Waals surface area contributed by atoms with Gasteiger partial charge < -0.3 is 5.73 Å². The van der Waals surface area contributed by atoms with Gasteiger partial charge in [-0.25, -0.2) is 0 Å². The Morgan fingerprint density at radius 1 is 1.45 bits per heavy atom. The third kappa shape index (κ3) is 1.14. The van der Waals surface area contributed by atoms with Crippen LogP contribution in [0.1, 0.15) is 16.8 Å². The van der Waals surface area contributed by atoms with Crippen LogP contribution < -0.4 is 5.73 Å². The SMILES string of the molecule is Cc1cc2c(cn1)CC(N)C2. The van der Waals surface area contributed by atoms with Crippen LogP contribution in [0.15, 0.2) is 12.3 Å². The number of nitrogens with zero attached hydrogens (tertiary/aromatic N) is 1. The topological polar surface area (TPSA) is 38.9 Å². The second kappa shape index (κ2) is 2.31. The van der Waals surface area contributed by atoms with Gasteiger partial charge in [0.05, 0.1) is 0 Å². The van der Waals surface area contributed by atoms with Crippen molar-refractivity contribution >= 4 is 0 Å². The number of hydrogen-bond donors (Lipinski definition) is 1. The molecule has 1 unspecified atom stereocenters. The maximum absolute atomic E-state index is 5.81. The fraction of sp³-hybridized carbons (Fsp3) is 0.444. The lowest BCUT2D eigenvalue weighted by Gasteiger charge is -1.97. The normalized spacial score (nSPS) is 21.8. The third-order valence-corrected chi connectivity index (χ3v) is 2.18. The van der Waals surface area contributed by atoms with Gasteiger partial charge in [-0.3, -0.25) is 4.98 Å². The van der Waals surface area contributed by atoms with Gasteiger partial charge in [-0.1, -0.05) is 0 Å². The molecule has 0 saturated heterocycles. The first-order valence-electron chi connectivity index (χ1n) is 3.95. The molecular weight excluding hydrogens is 136 g/mol. The second-order valence-electron chi connectivity index (χ2n) is 3.26. The van der Waals surface area contributed by atoms with Gasteiger partial charge in [-0.15, -0.1) is 0 Å². The summed E-state index contributed by atoms with van der Waals surface area (Å²) in [5.41, 5.74) is 9.63. The quantitative estimate of drug-likeness (QED) is 0.591. The van der Waals surface area contributed by atoms with Crippen LogP contribution in [0.3, 0.4) is 0 Å². The highest BCUT2D eigenvalue weighted by molar-refractivity contribution is 5.32. The number of rotatable bonds is 0. The molecule has 1 atom stereocenters. The van der Waals surface area contributed by atoms with Gasteiger partial charge in [0, 0.05) is 17.9 Å². The molecule has 0 radical (unpaired) electrons. The minimum absolute atomic E-state index is 0.327. The fourth-order valence-corrected chi connectivity index (χ4v) is 1.66. The van der Waals surface area contributed by atoms with Gasteiger partial charge in [-0.2, -0.15) is 0 Å². The van der Waals surface area contributed by atoms with E-state index in [9.17, 15) is 0 Å². The molecule has 1 aromatic rings. The third-order valence-electron chi connectivity index (χ3n) is 2.18. The van der Waals surface area contributed by atoms with Crippen LogP contribution >= 0.6 is 0 Å². The summed E-state index contributed by atoms with van der Waals surface area (Å²) >= 11 is 0. The maximum atomic E-state index is 5.81. The molecule has 11 heavy (non-hydrogen) atoms. The van der Waals surface area contributed by atoms with E-state index in [0.717, 1.165) is 18.5 Å². The minimum atomic E-state index is 0.327. The molecule has 0 aromatic carbocycles. The number of aryl methyl sites for hydroxylation is 1. The van der Waals surface area contributed by atoms with Crippen molar-refractivity contribution in [3.8, 4) is 0 Å². The first-order valence-corrected chi connectivity index (χ1v) is 3.95. The molecule has 2 nitrogen and oxygen atoms in total. The average Bonchev–Trinajstić information content (AvgIpc) is 2.27. The Morgan fingerprint density at radius 2 is 2.18 bits per heavy atom. The van der Waals surface area contributed by atoms with Crippen LogP contribution in [-0.2, 0) is 12.8 Å². The van der Waals surface area contributed by atoms with Gasteiger partial charge in [-0.05, 0) is 37.0 Å². The van der Waals surface area contributed by atoms with Crippen molar-refractivity contribution in [1.82, 2.24) is 4.98 Å². The lowest BCUT2D eigenvalue weighted by molar-refractivity contribution is 0.721. The summed E-state index contributed by atoms with van der Waals surface area (Å²) in [6.07, 6.45) is 3.98. The van der Waals surface area contributed by atoms with Crippen molar-refractivity contribution < 1.29 is 0 Å². The van der Waals surface area contributed by atoms with Crippen molar-refractivity contribution in [2.24, 2.45) is 5.73 Å². The summed E-state index contributed by atoms with van der Waals surface area (Å²) in [6, 6.07) is 2.47. The standard InChI is InChI=1S/C9H12N2/c1-6-2-7-3-9(10)4-8(7)5-11-6/h2,5,9H,3-4,10H2,1H3. The Kier molecular flexibility index (Phi) is 1.43. The number of aromatic nitrogens is 1. The Labute approximate surface area is 66.4 Å². The van der Waals surface area contributed by atoms with E-state index in [-0.39, 0.29) is 0 Å². The molecule has 0 spiro atoms. The zero-order chi connectivity index (χ0) is 7.84. The van der Waals surface area contributed by atoms with Crippen molar-refractivity contribution in [1.29, 1.82) is 0 Å². The monoisotopic (exact) mass is 148 g/mol. The first kappa shape index (κ1) is 6.80. The predicted molar refractivity (Wildman–Crippen MR) is 44.4 cm³/mol. The van der Waals surface area contributed by atoms with Crippen LogP contribution in [0.5, 0.6) is 0 Å². The molecule has 0 amide bonds. The minimum Gasteiger partial charge on any atom is -0.327 e. The van der Waals surface area contributed by atoms with E-state index in [1.165, 1.54) is 11.1 Å². The lowest BCUT2D eigenvalue weighted by Crippen LogP contribution is -2.18. The molecule has 2 N–H and O–H groups in total. The van der Waals surface area contributed by atoms with E-state index in [1.807, 2.05) is 13.1 Å². The zero-order valence-corrected chi connectivity index (χ0v) is 6.67. The molecule has 0 aliphatic heterocycles. The molecule has 2 heteroatoms. The summed E-state index contributed by atoms with van der Waals surface area (Å²) in [6.45, 7) is 2.02. The molecule has 58 valence electrons. The molecule has 0 saturated carbocycles. The molecule has 1 aliphatic carbocycles. The highest BCUT2D eigenvalue weighted by Gasteiger charge is 2.17. The Hall–Kier alpha value is -0.890. The predicted octanol–water partition coefficient (Wildman–Crippen LogP) is 0.816. The van der Waals surface area contributed by atoms with Gasteiger partial charge in [0.15, 0.2) is 0 Å². The smallest absolute Gasteiger partial charge is 0.0375 e. The van der Waals surface area contributed by atoms with Crippen molar-refractivity contribution in [2.45, 2.75) is 25.8 Å².